The van der Waals surface area contributed by atoms with Gasteiger partial charge in [0.05, 0.1) is 10.6 Å². The standard InChI is InChI=1S/C21H16ClF2NOS/c1-12-3-4-13(2)20(9-12)27-15-7-5-14(6-8-15)25-21(26)16-10-18(23)19(24)11-17(16)22/h3-11H,1-2H3,(H,25,26). The van der Waals surface area contributed by atoms with Crippen LogP contribution in [-0.4, -0.2) is 5.91 Å². The van der Waals surface area contributed by atoms with Crippen LogP contribution in [0, 0.1) is 25.5 Å². The molecule has 0 heterocycles. The highest BCUT2D eigenvalue weighted by Crippen LogP contribution is 2.31. The summed E-state index contributed by atoms with van der Waals surface area (Å²) < 4.78 is 26.5. The average Bonchev–Trinajstić information content (AvgIpc) is 2.63. The van der Waals surface area contributed by atoms with Gasteiger partial charge in [0.2, 0.25) is 0 Å². The van der Waals surface area contributed by atoms with Crippen LogP contribution < -0.4 is 5.32 Å². The second-order valence-corrected chi connectivity index (χ2v) is 7.62. The maximum atomic E-state index is 13.4. The Bertz CT molecular complexity index is 1010. The second-order valence-electron chi connectivity index (χ2n) is 6.10. The lowest BCUT2D eigenvalue weighted by Gasteiger charge is -2.09. The Kier molecular flexibility index (Phi) is 5.82. The van der Waals surface area contributed by atoms with Crippen molar-refractivity contribution in [1.82, 2.24) is 0 Å². The van der Waals surface area contributed by atoms with E-state index in [4.69, 9.17) is 11.6 Å². The molecule has 27 heavy (non-hydrogen) atoms. The van der Waals surface area contributed by atoms with Gasteiger partial charge in [0, 0.05) is 15.5 Å². The second kappa shape index (κ2) is 8.11. The third kappa shape index (κ3) is 4.67. The molecule has 138 valence electrons. The largest absolute Gasteiger partial charge is 0.322 e. The number of aryl methyl sites for hydroxylation is 2. The molecule has 2 nitrogen and oxygen atoms in total. The topological polar surface area (TPSA) is 29.1 Å². The first-order valence-corrected chi connectivity index (χ1v) is 9.34. The minimum atomic E-state index is -1.12. The summed E-state index contributed by atoms with van der Waals surface area (Å²) in [5.41, 5.74) is 2.79. The van der Waals surface area contributed by atoms with Crippen LogP contribution in [0.1, 0.15) is 21.5 Å². The van der Waals surface area contributed by atoms with Crippen molar-refractivity contribution in [2.45, 2.75) is 23.6 Å². The molecular weight excluding hydrogens is 388 g/mol. The van der Waals surface area contributed by atoms with Crippen LogP contribution in [0.5, 0.6) is 0 Å². The van der Waals surface area contributed by atoms with Crippen molar-refractivity contribution in [3.8, 4) is 0 Å². The number of nitrogens with one attached hydrogen (secondary N) is 1. The summed E-state index contributed by atoms with van der Waals surface area (Å²) in [5.74, 6) is -2.82. The molecule has 0 saturated carbocycles. The van der Waals surface area contributed by atoms with Gasteiger partial charge in [-0.2, -0.15) is 0 Å². The van der Waals surface area contributed by atoms with Crippen molar-refractivity contribution < 1.29 is 13.6 Å². The van der Waals surface area contributed by atoms with E-state index in [1.165, 1.54) is 16.0 Å². The molecule has 0 fully saturated rings. The van der Waals surface area contributed by atoms with Crippen LogP contribution in [0.2, 0.25) is 5.02 Å². The minimum Gasteiger partial charge on any atom is -0.322 e. The van der Waals surface area contributed by atoms with Crippen LogP contribution in [0.15, 0.2) is 64.4 Å². The zero-order valence-electron chi connectivity index (χ0n) is 14.6. The lowest BCUT2D eigenvalue weighted by Crippen LogP contribution is -2.13. The molecule has 0 saturated heterocycles. The molecule has 3 rings (SSSR count). The fourth-order valence-electron chi connectivity index (χ4n) is 2.45. The van der Waals surface area contributed by atoms with Gasteiger partial charge in [-0.25, -0.2) is 8.78 Å². The van der Waals surface area contributed by atoms with Crippen LogP contribution in [0.3, 0.4) is 0 Å². The molecule has 1 amide bonds. The highest BCUT2D eigenvalue weighted by molar-refractivity contribution is 7.99. The summed E-state index contributed by atoms with van der Waals surface area (Å²) in [6, 6.07) is 15.1. The first-order valence-electron chi connectivity index (χ1n) is 8.14. The van der Waals surface area contributed by atoms with E-state index in [2.05, 4.69) is 30.4 Å². The Morgan fingerprint density at radius 1 is 0.963 bits per heavy atom. The Morgan fingerprint density at radius 3 is 2.33 bits per heavy atom. The van der Waals surface area contributed by atoms with Crippen molar-refractivity contribution in [3.05, 3.63) is 87.9 Å². The molecule has 0 aliphatic rings. The van der Waals surface area contributed by atoms with E-state index in [0.717, 1.165) is 17.0 Å². The predicted octanol–water partition coefficient (Wildman–Crippen LogP) is 6.64. The summed E-state index contributed by atoms with van der Waals surface area (Å²) in [5, 5.41) is 2.49. The summed E-state index contributed by atoms with van der Waals surface area (Å²) in [6.45, 7) is 4.10. The molecule has 0 unspecified atom stereocenters. The van der Waals surface area contributed by atoms with Gasteiger partial charge < -0.3 is 5.32 Å². The molecule has 3 aromatic rings. The van der Waals surface area contributed by atoms with E-state index in [-0.39, 0.29) is 10.6 Å². The lowest BCUT2D eigenvalue weighted by molar-refractivity contribution is 0.102. The molecule has 0 aromatic heterocycles. The minimum absolute atomic E-state index is 0.121. The molecule has 6 heteroatoms. The molecule has 1 N–H and O–H groups in total. The van der Waals surface area contributed by atoms with Crippen LogP contribution in [-0.2, 0) is 0 Å². The zero-order valence-corrected chi connectivity index (χ0v) is 16.2. The Labute approximate surface area is 165 Å². The number of halogens is 3. The number of rotatable bonds is 4. The van der Waals surface area contributed by atoms with Gasteiger partial charge in [0.15, 0.2) is 11.6 Å². The summed E-state index contributed by atoms with van der Waals surface area (Å²) in [7, 11) is 0. The van der Waals surface area contributed by atoms with Crippen LogP contribution >= 0.6 is 23.4 Å². The number of hydrogen-bond donors (Lipinski definition) is 1. The van der Waals surface area contributed by atoms with Crippen molar-refractivity contribution in [2.75, 3.05) is 5.32 Å². The van der Waals surface area contributed by atoms with Crippen molar-refractivity contribution in [3.63, 3.8) is 0 Å². The van der Waals surface area contributed by atoms with E-state index in [1.807, 2.05) is 19.1 Å². The molecule has 0 aliphatic heterocycles. The quantitative estimate of drug-likeness (QED) is 0.495. The van der Waals surface area contributed by atoms with Gasteiger partial charge in [-0.05, 0) is 67.4 Å². The maximum absolute atomic E-state index is 13.4. The molecule has 0 aliphatic carbocycles. The Balaban J connectivity index is 1.73. The van der Waals surface area contributed by atoms with Crippen LogP contribution in [0.25, 0.3) is 0 Å². The number of hydrogen-bond acceptors (Lipinski definition) is 2. The van der Waals surface area contributed by atoms with E-state index >= 15 is 0 Å². The van der Waals surface area contributed by atoms with E-state index in [9.17, 15) is 13.6 Å². The van der Waals surface area contributed by atoms with E-state index in [0.29, 0.717) is 5.69 Å². The number of benzene rings is 3. The fourth-order valence-corrected chi connectivity index (χ4v) is 3.68. The molecule has 0 bridgehead atoms. The molecule has 3 aromatic carbocycles. The van der Waals surface area contributed by atoms with Crippen molar-refractivity contribution >= 4 is 35.0 Å². The fraction of sp³-hybridized carbons (Fsp3) is 0.0952. The highest BCUT2D eigenvalue weighted by atomic mass is 35.5. The Hall–Kier alpha value is -2.37. The summed E-state index contributed by atoms with van der Waals surface area (Å²) >= 11 is 7.47. The maximum Gasteiger partial charge on any atom is 0.257 e. The summed E-state index contributed by atoms with van der Waals surface area (Å²) in [6.07, 6.45) is 0. The van der Waals surface area contributed by atoms with Gasteiger partial charge in [0.1, 0.15) is 0 Å². The number of amides is 1. The SMILES string of the molecule is Cc1ccc(C)c(Sc2ccc(NC(=O)c3cc(F)c(F)cc3Cl)cc2)c1. The van der Waals surface area contributed by atoms with Gasteiger partial charge in [0.25, 0.3) is 5.91 Å². The van der Waals surface area contributed by atoms with Crippen molar-refractivity contribution in [1.29, 1.82) is 0 Å². The van der Waals surface area contributed by atoms with Crippen LogP contribution in [0.4, 0.5) is 14.5 Å². The molecule has 0 spiro atoms. The van der Waals surface area contributed by atoms with Gasteiger partial charge in [-0.1, -0.05) is 35.5 Å². The smallest absolute Gasteiger partial charge is 0.257 e. The first kappa shape index (κ1) is 19.4. The van der Waals surface area contributed by atoms with Gasteiger partial charge >= 0.3 is 0 Å². The number of anilines is 1. The highest BCUT2D eigenvalue weighted by Gasteiger charge is 2.15. The third-order valence-corrected chi connectivity index (χ3v) is 5.42. The predicted molar refractivity (Wildman–Crippen MR) is 106 cm³/mol. The first-order chi connectivity index (χ1) is 12.8. The van der Waals surface area contributed by atoms with Crippen molar-refractivity contribution in [2.24, 2.45) is 0 Å². The summed E-state index contributed by atoms with van der Waals surface area (Å²) in [4.78, 5) is 14.5. The van der Waals surface area contributed by atoms with Gasteiger partial charge in [-0.3, -0.25) is 4.79 Å². The molecule has 0 atom stereocenters. The number of carbonyl (C=O) groups is 1. The number of carbonyl (C=O) groups excluding carboxylic acids is 1. The third-order valence-electron chi connectivity index (χ3n) is 3.94. The lowest BCUT2D eigenvalue weighted by atomic mass is 10.2. The molecule has 0 radical (unpaired) electrons. The Morgan fingerprint density at radius 2 is 1.63 bits per heavy atom. The normalized spacial score (nSPS) is 10.7. The monoisotopic (exact) mass is 403 g/mol. The average molecular weight is 404 g/mol. The van der Waals surface area contributed by atoms with E-state index < -0.39 is 17.5 Å². The molecular formula is C21H16ClF2NOS. The van der Waals surface area contributed by atoms with E-state index in [1.54, 1.807) is 23.9 Å². The van der Waals surface area contributed by atoms with Gasteiger partial charge in [-0.15, -0.1) is 0 Å². The zero-order chi connectivity index (χ0) is 19.6.